The van der Waals surface area contributed by atoms with Crippen molar-refractivity contribution in [1.82, 2.24) is 9.03 Å². The fourth-order valence-electron chi connectivity index (χ4n) is 2.31. The predicted octanol–water partition coefficient (Wildman–Crippen LogP) is 1.26. The number of anilines is 1. The van der Waals surface area contributed by atoms with Crippen LogP contribution in [0.25, 0.3) is 0 Å². The number of nitrogens with zero attached hydrogens (tertiary/aromatic N) is 2. The maximum Gasteiger partial charge on any atom is 0.387 e. The number of rotatable bonds is 6. The first-order valence-corrected chi connectivity index (χ1v) is 8.22. The minimum atomic E-state index is -3.51. The van der Waals surface area contributed by atoms with E-state index in [4.69, 9.17) is 0 Å². The lowest BCUT2D eigenvalue weighted by Gasteiger charge is -2.22. The van der Waals surface area contributed by atoms with Gasteiger partial charge < -0.3 is 9.64 Å². The quantitative estimate of drug-likeness (QED) is 0.850. The first kappa shape index (κ1) is 16.9. The van der Waals surface area contributed by atoms with Gasteiger partial charge in [-0.25, -0.2) is 0 Å². The van der Waals surface area contributed by atoms with Crippen molar-refractivity contribution in [2.24, 2.45) is 0 Å². The van der Waals surface area contributed by atoms with E-state index >= 15 is 0 Å². The molecule has 1 fully saturated rings. The largest absolute Gasteiger partial charge is 0.433 e. The van der Waals surface area contributed by atoms with Crippen LogP contribution < -0.4 is 14.4 Å². The summed E-state index contributed by atoms with van der Waals surface area (Å²) in [5.74, 6) is 0.0913. The topological polar surface area (TPSA) is 61.9 Å². The van der Waals surface area contributed by atoms with Crippen molar-refractivity contribution in [3.8, 4) is 5.75 Å². The molecule has 9 heteroatoms. The molecule has 1 saturated heterocycles. The number of ether oxygens (including phenoxy) is 1. The van der Waals surface area contributed by atoms with Crippen molar-refractivity contribution in [3.63, 3.8) is 0 Å². The molecule has 0 saturated carbocycles. The Kier molecular flexibility index (Phi) is 5.20. The molecule has 22 heavy (non-hydrogen) atoms. The number of benzene rings is 1. The second kappa shape index (κ2) is 6.76. The Morgan fingerprint density at radius 3 is 2.68 bits per heavy atom. The summed E-state index contributed by atoms with van der Waals surface area (Å²) in [6.07, 6.45) is 0.593. The van der Waals surface area contributed by atoms with Crippen LogP contribution in [0.4, 0.5) is 14.5 Å². The highest BCUT2D eigenvalue weighted by atomic mass is 32.2. The molecule has 1 aromatic carbocycles. The van der Waals surface area contributed by atoms with Crippen LogP contribution in [0.2, 0.25) is 0 Å². The zero-order valence-electron chi connectivity index (χ0n) is 12.4. The van der Waals surface area contributed by atoms with E-state index in [-0.39, 0.29) is 11.8 Å². The van der Waals surface area contributed by atoms with E-state index in [1.165, 1.54) is 20.2 Å². The summed E-state index contributed by atoms with van der Waals surface area (Å²) in [4.78, 5) is 1.83. The smallest absolute Gasteiger partial charge is 0.387 e. The number of para-hydroxylation sites is 2. The lowest BCUT2D eigenvalue weighted by molar-refractivity contribution is -0.0495. The highest BCUT2D eigenvalue weighted by Gasteiger charge is 2.29. The number of halogens is 2. The third-order valence-corrected chi connectivity index (χ3v) is 5.00. The van der Waals surface area contributed by atoms with Gasteiger partial charge in [0.15, 0.2) is 0 Å². The molecule has 0 amide bonds. The lowest BCUT2D eigenvalue weighted by atomic mass is 10.2. The number of hydrogen-bond acceptors (Lipinski definition) is 4. The number of alkyl halides is 2. The Balaban J connectivity index is 2.08. The molecule has 0 spiro atoms. The fraction of sp³-hybridized carbons (Fsp3) is 0.538. The standard InChI is InChI=1S/C13H19F2N3O3S/c1-17(2)22(19,20)16-10-7-8-18(9-10)11-5-3-4-6-12(11)21-13(14)15/h3-6,10,13,16H,7-9H2,1-2H3. The van der Waals surface area contributed by atoms with Gasteiger partial charge in [-0.15, -0.1) is 0 Å². The monoisotopic (exact) mass is 335 g/mol. The van der Waals surface area contributed by atoms with Crippen LogP contribution in [-0.2, 0) is 10.2 Å². The van der Waals surface area contributed by atoms with Crippen LogP contribution in [0.15, 0.2) is 24.3 Å². The van der Waals surface area contributed by atoms with Crippen molar-refractivity contribution in [2.75, 3.05) is 32.1 Å². The summed E-state index contributed by atoms with van der Waals surface area (Å²) >= 11 is 0. The summed E-state index contributed by atoms with van der Waals surface area (Å²) in [6.45, 7) is -1.94. The molecule has 2 rings (SSSR count). The molecule has 6 nitrogen and oxygen atoms in total. The maximum absolute atomic E-state index is 12.4. The van der Waals surface area contributed by atoms with Gasteiger partial charge in [0.2, 0.25) is 0 Å². The second-order valence-electron chi connectivity index (χ2n) is 5.18. The van der Waals surface area contributed by atoms with Crippen molar-refractivity contribution >= 4 is 15.9 Å². The molecule has 1 N–H and O–H groups in total. The molecular formula is C13H19F2N3O3S. The first-order chi connectivity index (χ1) is 10.3. The molecule has 1 aliphatic heterocycles. The van der Waals surface area contributed by atoms with E-state index in [2.05, 4.69) is 9.46 Å². The maximum atomic E-state index is 12.4. The third kappa shape index (κ3) is 4.05. The molecule has 1 aromatic rings. The van der Waals surface area contributed by atoms with Gasteiger partial charge in [0, 0.05) is 33.2 Å². The normalized spacial score (nSPS) is 19.2. The molecule has 1 atom stereocenters. The van der Waals surface area contributed by atoms with Gasteiger partial charge in [-0.2, -0.15) is 26.2 Å². The second-order valence-corrected chi connectivity index (χ2v) is 7.10. The Morgan fingerprint density at radius 2 is 2.05 bits per heavy atom. The molecule has 1 unspecified atom stereocenters. The Labute approximate surface area is 128 Å². The van der Waals surface area contributed by atoms with Crippen LogP contribution in [0.1, 0.15) is 6.42 Å². The molecule has 0 radical (unpaired) electrons. The zero-order valence-corrected chi connectivity index (χ0v) is 13.2. The molecule has 0 bridgehead atoms. The minimum Gasteiger partial charge on any atom is -0.433 e. The number of hydrogen-bond donors (Lipinski definition) is 1. The van der Waals surface area contributed by atoms with Crippen molar-refractivity contribution in [1.29, 1.82) is 0 Å². The predicted molar refractivity (Wildman–Crippen MR) is 79.4 cm³/mol. The summed E-state index contributed by atoms with van der Waals surface area (Å²) in [5, 5.41) is 0. The zero-order chi connectivity index (χ0) is 16.3. The van der Waals surface area contributed by atoms with Gasteiger partial charge in [0.25, 0.3) is 10.2 Å². The highest BCUT2D eigenvalue weighted by molar-refractivity contribution is 7.87. The molecule has 0 aromatic heterocycles. The lowest BCUT2D eigenvalue weighted by Crippen LogP contribution is -2.43. The van der Waals surface area contributed by atoms with Crippen molar-refractivity contribution in [3.05, 3.63) is 24.3 Å². The van der Waals surface area contributed by atoms with Gasteiger partial charge in [-0.3, -0.25) is 0 Å². The molecule has 1 aliphatic rings. The summed E-state index contributed by atoms with van der Waals surface area (Å²) in [6, 6.07) is 6.22. The summed E-state index contributed by atoms with van der Waals surface area (Å²) in [5.41, 5.74) is 0.536. The van der Waals surface area contributed by atoms with Gasteiger partial charge in [0.05, 0.1) is 5.69 Å². The molecule has 124 valence electrons. The number of nitrogens with one attached hydrogen (secondary N) is 1. The molecular weight excluding hydrogens is 316 g/mol. The molecule has 1 heterocycles. The van der Waals surface area contributed by atoms with Gasteiger partial charge in [0.1, 0.15) is 5.75 Å². The highest BCUT2D eigenvalue weighted by Crippen LogP contribution is 2.31. The molecule has 0 aliphatic carbocycles. The SMILES string of the molecule is CN(C)S(=O)(=O)NC1CCN(c2ccccc2OC(F)F)C1. The fourth-order valence-corrected chi connectivity index (χ4v) is 3.13. The Hall–Kier alpha value is -1.45. The average molecular weight is 335 g/mol. The third-order valence-electron chi connectivity index (χ3n) is 3.41. The van der Waals surface area contributed by atoms with Crippen LogP contribution >= 0.6 is 0 Å². The van der Waals surface area contributed by atoms with Crippen LogP contribution in [0.3, 0.4) is 0 Å². The van der Waals surface area contributed by atoms with Crippen molar-refractivity contribution < 1.29 is 21.9 Å². The van der Waals surface area contributed by atoms with E-state index in [1.807, 2.05) is 4.90 Å². The van der Waals surface area contributed by atoms with E-state index in [9.17, 15) is 17.2 Å². The van der Waals surface area contributed by atoms with E-state index < -0.39 is 16.8 Å². The Morgan fingerprint density at radius 1 is 1.36 bits per heavy atom. The van der Waals surface area contributed by atoms with E-state index in [0.717, 1.165) is 4.31 Å². The van der Waals surface area contributed by atoms with Crippen molar-refractivity contribution in [2.45, 2.75) is 19.1 Å². The average Bonchev–Trinajstić information content (AvgIpc) is 2.86. The minimum absolute atomic E-state index is 0.0913. The van der Waals surface area contributed by atoms with Crippen LogP contribution in [0, 0.1) is 0 Å². The van der Waals surface area contributed by atoms with Gasteiger partial charge in [-0.1, -0.05) is 12.1 Å². The summed E-state index contributed by atoms with van der Waals surface area (Å²) in [7, 11) is -0.620. The summed E-state index contributed by atoms with van der Waals surface area (Å²) < 4.78 is 56.7. The van der Waals surface area contributed by atoms with E-state index in [1.54, 1.807) is 18.2 Å². The van der Waals surface area contributed by atoms with Gasteiger partial charge >= 0.3 is 6.61 Å². The Bertz CT molecular complexity index is 610. The van der Waals surface area contributed by atoms with E-state index in [0.29, 0.717) is 25.2 Å². The van der Waals surface area contributed by atoms with Gasteiger partial charge in [-0.05, 0) is 18.6 Å². The first-order valence-electron chi connectivity index (χ1n) is 6.78. The van der Waals surface area contributed by atoms with Crippen LogP contribution in [0.5, 0.6) is 5.75 Å². The van der Waals surface area contributed by atoms with Crippen LogP contribution in [-0.4, -0.2) is 52.6 Å².